The lowest BCUT2D eigenvalue weighted by molar-refractivity contribution is -0.156. The highest BCUT2D eigenvalue weighted by Gasteiger charge is 2.50. The minimum Gasteiger partial charge on any atom is -0.392 e. The highest BCUT2D eigenvalue weighted by molar-refractivity contribution is 5.00. The fourth-order valence-electron chi connectivity index (χ4n) is 3.52. The summed E-state index contributed by atoms with van der Waals surface area (Å²) < 4.78 is 0. The van der Waals surface area contributed by atoms with Gasteiger partial charge in [-0.05, 0) is 23.7 Å². The smallest absolute Gasteiger partial charge is 0.0669 e. The van der Waals surface area contributed by atoms with E-state index in [1.165, 1.54) is 0 Å². The molecule has 0 fully saturated rings. The molecule has 0 spiro atoms. The van der Waals surface area contributed by atoms with Crippen molar-refractivity contribution in [2.75, 3.05) is 0 Å². The Labute approximate surface area is 127 Å². The van der Waals surface area contributed by atoms with Crippen molar-refractivity contribution in [1.29, 1.82) is 0 Å². The van der Waals surface area contributed by atoms with Gasteiger partial charge in [-0.15, -0.1) is 0 Å². The van der Waals surface area contributed by atoms with Crippen molar-refractivity contribution in [3.63, 3.8) is 0 Å². The Kier molecular flexibility index (Phi) is 7.24. The first-order chi connectivity index (χ1) is 8.93. The first-order valence-electron chi connectivity index (χ1n) is 8.29. The summed E-state index contributed by atoms with van der Waals surface area (Å²) in [5.74, 6) is 0. The van der Waals surface area contributed by atoms with Crippen LogP contribution in [-0.2, 0) is 0 Å². The zero-order valence-electron chi connectivity index (χ0n) is 15.1. The normalized spacial score (nSPS) is 19.5. The highest BCUT2D eigenvalue weighted by Crippen LogP contribution is 2.49. The Hall–Kier alpha value is -0.0800. The van der Waals surface area contributed by atoms with E-state index in [0.29, 0.717) is 0 Å². The Morgan fingerprint density at radius 2 is 1.10 bits per heavy atom. The summed E-state index contributed by atoms with van der Waals surface area (Å²) in [6.45, 7) is 16.8. The van der Waals surface area contributed by atoms with E-state index in [4.69, 9.17) is 0 Å². The van der Waals surface area contributed by atoms with Gasteiger partial charge in [0.05, 0.1) is 12.2 Å². The Bertz CT molecular complexity index is 250. The van der Waals surface area contributed by atoms with Crippen molar-refractivity contribution >= 4 is 0 Å². The van der Waals surface area contributed by atoms with Crippen molar-refractivity contribution in [1.82, 2.24) is 0 Å². The lowest BCUT2D eigenvalue weighted by Gasteiger charge is -2.51. The van der Waals surface area contributed by atoms with Crippen LogP contribution in [0, 0.1) is 16.2 Å². The highest BCUT2D eigenvalue weighted by atomic mass is 16.3. The van der Waals surface area contributed by atoms with Crippen molar-refractivity contribution in [3.8, 4) is 0 Å². The molecule has 2 unspecified atom stereocenters. The zero-order chi connectivity index (χ0) is 16.2. The molecule has 0 bridgehead atoms. The molecular formula is C18H38O2. The summed E-state index contributed by atoms with van der Waals surface area (Å²) in [4.78, 5) is 0. The maximum Gasteiger partial charge on any atom is 0.0669 e. The maximum absolute atomic E-state index is 11.0. The van der Waals surface area contributed by atoms with Crippen LogP contribution in [0.3, 0.4) is 0 Å². The fraction of sp³-hybridized carbons (Fsp3) is 1.00. The molecule has 0 aliphatic carbocycles. The van der Waals surface area contributed by atoms with Crippen LogP contribution in [0.5, 0.6) is 0 Å². The van der Waals surface area contributed by atoms with E-state index in [9.17, 15) is 10.2 Å². The predicted molar refractivity (Wildman–Crippen MR) is 87.8 cm³/mol. The van der Waals surface area contributed by atoms with Crippen molar-refractivity contribution in [2.45, 2.75) is 99.7 Å². The van der Waals surface area contributed by atoms with Gasteiger partial charge in [-0.1, -0.05) is 74.7 Å². The van der Waals surface area contributed by atoms with Gasteiger partial charge >= 0.3 is 0 Å². The summed E-state index contributed by atoms with van der Waals surface area (Å²) in [6.07, 6.45) is 3.94. The molecule has 2 heteroatoms. The van der Waals surface area contributed by atoms with E-state index in [0.717, 1.165) is 32.1 Å². The van der Waals surface area contributed by atoms with E-state index in [1.54, 1.807) is 0 Å². The SMILES string of the molecule is CCCCC(CCC)(C(O)C(C)(C)C)C(O)C(C)(C)C. The van der Waals surface area contributed by atoms with Crippen LogP contribution < -0.4 is 0 Å². The van der Waals surface area contributed by atoms with Gasteiger partial charge in [0.2, 0.25) is 0 Å². The third-order valence-electron chi connectivity index (χ3n) is 4.44. The molecule has 2 nitrogen and oxygen atoms in total. The largest absolute Gasteiger partial charge is 0.392 e. The Morgan fingerprint density at radius 3 is 1.35 bits per heavy atom. The molecule has 0 radical (unpaired) electrons. The molecule has 20 heavy (non-hydrogen) atoms. The van der Waals surface area contributed by atoms with Crippen LogP contribution >= 0.6 is 0 Å². The number of rotatable bonds is 7. The molecule has 0 saturated carbocycles. The molecule has 0 heterocycles. The lowest BCUT2D eigenvalue weighted by atomic mass is 9.58. The van der Waals surface area contributed by atoms with Gasteiger partial charge in [0.1, 0.15) is 0 Å². The van der Waals surface area contributed by atoms with Gasteiger partial charge in [0.15, 0.2) is 0 Å². The quantitative estimate of drug-likeness (QED) is 0.707. The number of aliphatic hydroxyl groups excluding tert-OH is 2. The van der Waals surface area contributed by atoms with Crippen LogP contribution in [-0.4, -0.2) is 22.4 Å². The second-order valence-electron chi connectivity index (χ2n) is 8.62. The van der Waals surface area contributed by atoms with E-state index in [2.05, 4.69) is 55.4 Å². The molecule has 0 aromatic carbocycles. The maximum atomic E-state index is 11.0. The van der Waals surface area contributed by atoms with E-state index >= 15 is 0 Å². The van der Waals surface area contributed by atoms with Crippen LogP contribution in [0.25, 0.3) is 0 Å². The molecule has 0 aliphatic rings. The number of unbranched alkanes of at least 4 members (excludes halogenated alkanes) is 1. The molecular weight excluding hydrogens is 248 g/mol. The van der Waals surface area contributed by atoms with E-state index < -0.39 is 17.6 Å². The zero-order valence-corrected chi connectivity index (χ0v) is 15.1. The molecule has 0 aromatic rings. The molecule has 2 N–H and O–H groups in total. The minimum absolute atomic E-state index is 0.213. The van der Waals surface area contributed by atoms with Crippen LogP contribution in [0.4, 0.5) is 0 Å². The lowest BCUT2D eigenvalue weighted by Crippen LogP contribution is -2.55. The van der Waals surface area contributed by atoms with Gasteiger partial charge in [-0.25, -0.2) is 0 Å². The van der Waals surface area contributed by atoms with Crippen molar-refractivity contribution in [2.24, 2.45) is 16.2 Å². The predicted octanol–water partition coefficient (Wildman–Crippen LogP) is 4.78. The average Bonchev–Trinajstić information content (AvgIpc) is 2.30. The van der Waals surface area contributed by atoms with Crippen molar-refractivity contribution < 1.29 is 10.2 Å². The van der Waals surface area contributed by atoms with Crippen LogP contribution in [0.2, 0.25) is 0 Å². The second kappa shape index (κ2) is 7.26. The number of aliphatic hydroxyl groups is 2. The van der Waals surface area contributed by atoms with E-state index in [1.807, 2.05) is 0 Å². The summed E-state index contributed by atoms with van der Waals surface area (Å²) in [5, 5.41) is 22.1. The van der Waals surface area contributed by atoms with Gasteiger partial charge in [0.25, 0.3) is 0 Å². The monoisotopic (exact) mass is 286 g/mol. The number of hydrogen-bond acceptors (Lipinski definition) is 2. The topological polar surface area (TPSA) is 40.5 Å². The minimum atomic E-state index is -0.490. The first kappa shape index (κ1) is 19.9. The molecule has 122 valence electrons. The summed E-state index contributed by atoms with van der Waals surface area (Å²) in [7, 11) is 0. The second-order valence-corrected chi connectivity index (χ2v) is 8.62. The van der Waals surface area contributed by atoms with Gasteiger partial charge in [-0.2, -0.15) is 0 Å². The standard InChI is InChI=1S/C18H38O2/c1-9-11-13-18(12-10-2,14(19)16(3,4)5)15(20)17(6,7)8/h14-15,19-20H,9-13H2,1-8H3. The Balaban J connectivity index is 5.69. The Morgan fingerprint density at radius 1 is 0.700 bits per heavy atom. The molecule has 0 aromatic heterocycles. The fourth-order valence-corrected chi connectivity index (χ4v) is 3.52. The van der Waals surface area contributed by atoms with Gasteiger partial charge < -0.3 is 10.2 Å². The average molecular weight is 286 g/mol. The van der Waals surface area contributed by atoms with Gasteiger partial charge in [-0.3, -0.25) is 0 Å². The molecule has 0 aliphatic heterocycles. The molecule has 2 atom stereocenters. The van der Waals surface area contributed by atoms with Crippen molar-refractivity contribution in [3.05, 3.63) is 0 Å². The third kappa shape index (κ3) is 4.73. The van der Waals surface area contributed by atoms with Gasteiger partial charge in [0, 0.05) is 5.41 Å². The summed E-state index contributed by atoms with van der Waals surface area (Å²) in [6, 6.07) is 0. The van der Waals surface area contributed by atoms with E-state index in [-0.39, 0.29) is 10.8 Å². The summed E-state index contributed by atoms with van der Waals surface area (Å²) in [5.41, 5.74) is -0.828. The molecule has 0 saturated heterocycles. The van der Waals surface area contributed by atoms with Crippen LogP contribution in [0.15, 0.2) is 0 Å². The first-order valence-corrected chi connectivity index (χ1v) is 8.29. The molecule has 0 amide bonds. The van der Waals surface area contributed by atoms with Crippen LogP contribution in [0.1, 0.15) is 87.5 Å². The molecule has 0 rings (SSSR count). The number of hydrogen-bond donors (Lipinski definition) is 2. The third-order valence-corrected chi connectivity index (χ3v) is 4.44. The summed E-state index contributed by atoms with van der Waals surface area (Å²) >= 11 is 0.